The van der Waals surface area contributed by atoms with Crippen LogP contribution in [0, 0.1) is 13.8 Å². The van der Waals surface area contributed by atoms with E-state index in [2.05, 4.69) is 43.3 Å². The maximum Gasteiger partial charge on any atom is 0.119 e. The van der Waals surface area contributed by atoms with Gasteiger partial charge in [-0.2, -0.15) is 5.10 Å². The minimum Gasteiger partial charge on any atom is -0.494 e. The molecule has 0 radical (unpaired) electrons. The molecular formula is C17H25N3O. The molecular weight excluding hydrogens is 262 g/mol. The van der Waals surface area contributed by atoms with E-state index in [0.29, 0.717) is 0 Å². The third-order valence-electron chi connectivity index (χ3n) is 3.64. The maximum atomic E-state index is 5.70. The van der Waals surface area contributed by atoms with E-state index in [1.165, 1.54) is 11.3 Å². The molecule has 21 heavy (non-hydrogen) atoms. The number of benzene rings is 1. The Morgan fingerprint density at radius 3 is 2.52 bits per heavy atom. The lowest BCUT2D eigenvalue weighted by Gasteiger charge is -2.08. The predicted octanol–water partition coefficient (Wildman–Crippen LogP) is 3.39. The van der Waals surface area contributed by atoms with E-state index in [1.807, 2.05) is 23.9 Å². The molecule has 0 unspecified atom stereocenters. The number of hydrogen-bond acceptors (Lipinski definition) is 3. The lowest BCUT2D eigenvalue weighted by Crippen LogP contribution is -2.07. The Balaban J connectivity index is 2.17. The first-order valence-corrected chi connectivity index (χ1v) is 7.60. The number of hydrogen-bond donors (Lipinski definition) is 1. The number of nitrogens with zero attached hydrogens (tertiary/aromatic N) is 2. The van der Waals surface area contributed by atoms with E-state index in [4.69, 9.17) is 4.74 Å². The number of unbranched alkanes of at least 4 members (excludes halogenated alkanes) is 1. The van der Waals surface area contributed by atoms with Crippen molar-refractivity contribution in [2.24, 2.45) is 0 Å². The lowest BCUT2D eigenvalue weighted by atomic mass is 10.2. The van der Waals surface area contributed by atoms with Crippen LogP contribution in [-0.4, -0.2) is 23.4 Å². The van der Waals surface area contributed by atoms with E-state index in [0.717, 1.165) is 43.1 Å². The standard InChI is InChI=1S/C17H25N3O/c1-5-6-11-21-16-9-7-15(8-10-16)20-14(3)17(12-18-4)13(2)19-20/h7-10,18H,5-6,11-12H2,1-4H3. The van der Waals surface area contributed by atoms with Gasteiger partial charge in [0.25, 0.3) is 0 Å². The first-order valence-electron chi connectivity index (χ1n) is 7.60. The van der Waals surface area contributed by atoms with Crippen molar-refractivity contribution in [3.05, 3.63) is 41.2 Å². The minimum absolute atomic E-state index is 0.780. The van der Waals surface area contributed by atoms with Gasteiger partial charge in [0.1, 0.15) is 5.75 Å². The highest BCUT2D eigenvalue weighted by atomic mass is 16.5. The summed E-state index contributed by atoms with van der Waals surface area (Å²) in [6, 6.07) is 8.14. The SMILES string of the molecule is CCCCOc1ccc(-n2nc(C)c(CNC)c2C)cc1. The van der Waals surface area contributed by atoms with Crippen LogP contribution < -0.4 is 10.1 Å². The van der Waals surface area contributed by atoms with Gasteiger partial charge in [0.15, 0.2) is 0 Å². The Morgan fingerprint density at radius 2 is 1.90 bits per heavy atom. The molecule has 0 saturated heterocycles. The fourth-order valence-corrected chi connectivity index (χ4v) is 2.38. The van der Waals surface area contributed by atoms with Gasteiger partial charge in [-0.3, -0.25) is 0 Å². The van der Waals surface area contributed by atoms with Gasteiger partial charge in [-0.15, -0.1) is 0 Å². The molecule has 2 aromatic rings. The molecule has 114 valence electrons. The molecule has 4 nitrogen and oxygen atoms in total. The Hall–Kier alpha value is -1.81. The van der Waals surface area contributed by atoms with Gasteiger partial charge in [0.05, 0.1) is 18.0 Å². The highest BCUT2D eigenvalue weighted by Gasteiger charge is 2.11. The van der Waals surface area contributed by atoms with Crippen molar-refractivity contribution in [1.82, 2.24) is 15.1 Å². The summed E-state index contributed by atoms with van der Waals surface area (Å²) in [5.41, 5.74) is 4.59. The van der Waals surface area contributed by atoms with E-state index in [1.54, 1.807) is 0 Å². The first-order chi connectivity index (χ1) is 10.2. The summed E-state index contributed by atoms with van der Waals surface area (Å²) in [7, 11) is 1.96. The quantitative estimate of drug-likeness (QED) is 0.793. The third kappa shape index (κ3) is 3.64. The molecule has 0 fully saturated rings. The van der Waals surface area contributed by atoms with Gasteiger partial charge in [0, 0.05) is 17.8 Å². The van der Waals surface area contributed by atoms with Crippen molar-refractivity contribution in [3.63, 3.8) is 0 Å². The monoisotopic (exact) mass is 287 g/mol. The lowest BCUT2D eigenvalue weighted by molar-refractivity contribution is 0.309. The van der Waals surface area contributed by atoms with E-state index < -0.39 is 0 Å². The Bertz CT molecular complexity index is 572. The number of ether oxygens (including phenoxy) is 1. The van der Waals surface area contributed by atoms with Gasteiger partial charge in [-0.25, -0.2) is 4.68 Å². The van der Waals surface area contributed by atoms with Gasteiger partial charge in [-0.05, 0) is 51.6 Å². The van der Waals surface area contributed by atoms with Crippen LogP contribution in [0.5, 0.6) is 5.75 Å². The van der Waals surface area contributed by atoms with Crippen molar-refractivity contribution < 1.29 is 4.74 Å². The average molecular weight is 287 g/mol. The van der Waals surface area contributed by atoms with Crippen molar-refractivity contribution in [3.8, 4) is 11.4 Å². The normalized spacial score (nSPS) is 10.9. The summed E-state index contributed by atoms with van der Waals surface area (Å²) in [6.45, 7) is 7.95. The van der Waals surface area contributed by atoms with Crippen LogP contribution in [0.1, 0.15) is 36.7 Å². The van der Waals surface area contributed by atoms with Crippen LogP contribution in [0.25, 0.3) is 5.69 Å². The molecule has 1 aromatic carbocycles. The van der Waals surface area contributed by atoms with Gasteiger partial charge in [0.2, 0.25) is 0 Å². The molecule has 0 spiro atoms. The van der Waals surface area contributed by atoms with E-state index >= 15 is 0 Å². The maximum absolute atomic E-state index is 5.70. The first kappa shape index (κ1) is 15.6. The Morgan fingerprint density at radius 1 is 1.19 bits per heavy atom. The zero-order valence-electron chi connectivity index (χ0n) is 13.4. The molecule has 0 aliphatic rings. The van der Waals surface area contributed by atoms with Crippen LogP contribution in [0.15, 0.2) is 24.3 Å². The van der Waals surface area contributed by atoms with Crippen LogP contribution >= 0.6 is 0 Å². The molecule has 0 bridgehead atoms. The second-order valence-electron chi connectivity index (χ2n) is 5.29. The molecule has 0 atom stereocenters. The Kier molecular flexibility index (Phi) is 5.39. The second-order valence-corrected chi connectivity index (χ2v) is 5.29. The number of nitrogens with one attached hydrogen (secondary N) is 1. The second kappa shape index (κ2) is 7.27. The summed E-state index contributed by atoms with van der Waals surface area (Å²) in [4.78, 5) is 0. The zero-order valence-corrected chi connectivity index (χ0v) is 13.4. The fraction of sp³-hybridized carbons (Fsp3) is 0.471. The van der Waals surface area contributed by atoms with Gasteiger partial charge < -0.3 is 10.1 Å². The summed E-state index contributed by atoms with van der Waals surface area (Å²) in [5.74, 6) is 0.921. The molecule has 1 N–H and O–H groups in total. The van der Waals surface area contributed by atoms with E-state index in [-0.39, 0.29) is 0 Å². The molecule has 0 aliphatic carbocycles. The molecule has 4 heteroatoms. The van der Waals surface area contributed by atoms with Crippen molar-refractivity contribution in [1.29, 1.82) is 0 Å². The van der Waals surface area contributed by atoms with Crippen molar-refractivity contribution in [2.45, 2.75) is 40.2 Å². The summed E-state index contributed by atoms with van der Waals surface area (Å²) in [6.07, 6.45) is 2.24. The highest BCUT2D eigenvalue weighted by molar-refractivity contribution is 5.40. The van der Waals surface area contributed by atoms with Gasteiger partial charge >= 0.3 is 0 Å². The smallest absolute Gasteiger partial charge is 0.119 e. The third-order valence-corrected chi connectivity index (χ3v) is 3.64. The molecule has 1 aromatic heterocycles. The highest BCUT2D eigenvalue weighted by Crippen LogP contribution is 2.20. The van der Waals surface area contributed by atoms with E-state index in [9.17, 15) is 0 Å². The largest absolute Gasteiger partial charge is 0.494 e. The van der Waals surface area contributed by atoms with Crippen molar-refractivity contribution in [2.75, 3.05) is 13.7 Å². The Labute approximate surface area is 127 Å². The van der Waals surface area contributed by atoms with Crippen LogP contribution in [0.4, 0.5) is 0 Å². The molecule has 0 saturated carbocycles. The van der Waals surface area contributed by atoms with Crippen LogP contribution in [0.3, 0.4) is 0 Å². The van der Waals surface area contributed by atoms with Crippen LogP contribution in [-0.2, 0) is 6.54 Å². The summed E-state index contributed by atoms with van der Waals surface area (Å²) >= 11 is 0. The zero-order chi connectivity index (χ0) is 15.2. The average Bonchev–Trinajstić information content (AvgIpc) is 2.77. The molecule has 2 rings (SSSR count). The predicted molar refractivity (Wildman–Crippen MR) is 86.2 cm³/mol. The van der Waals surface area contributed by atoms with Crippen molar-refractivity contribution >= 4 is 0 Å². The minimum atomic E-state index is 0.780. The topological polar surface area (TPSA) is 39.1 Å². The number of aromatic nitrogens is 2. The van der Waals surface area contributed by atoms with Crippen LogP contribution in [0.2, 0.25) is 0 Å². The number of rotatable bonds is 7. The number of aryl methyl sites for hydroxylation is 1. The summed E-state index contributed by atoms with van der Waals surface area (Å²) < 4.78 is 7.69. The fourth-order valence-electron chi connectivity index (χ4n) is 2.38. The molecule has 1 heterocycles. The van der Waals surface area contributed by atoms with Gasteiger partial charge in [-0.1, -0.05) is 13.3 Å². The molecule has 0 aliphatic heterocycles. The summed E-state index contributed by atoms with van der Waals surface area (Å²) in [5, 5.41) is 7.83. The molecule has 0 amide bonds.